The molecular weight excluding hydrogens is 282 g/mol. The quantitative estimate of drug-likeness (QED) is 0.704. The molecule has 0 spiro atoms. The van der Waals surface area contributed by atoms with Crippen LogP contribution in [0.3, 0.4) is 0 Å². The van der Waals surface area contributed by atoms with Crippen LogP contribution in [-0.4, -0.2) is 5.91 Å². The minimum atomic E-state index is -0.128. The highest BCUT2D eigenvalue weighted by atomic mass is 35.5. The van der Waals surface area contributed by atoms with Crippen molar-refractivity contribution in [1.29, 1.82) is 0 Å². The molecule has 0 unspecified atom stereocenters. The second-order valence-electron chi connectivity index (χ2n) is 4.91. The lowest BCUT2D eigenvalue weighted by Gasteiger charge is -2.10. The van der Waals surface area contributed by atoms with Crippen LogP contribution >= 0.6 is 11.6 Å². The summed E-state index contributed by atoms with van der Waals surface area (Å²) in [4.78, 5) is 12.5. The van der Waals surface area contributed by atoms with E-state index >= 15 is 0 Å². The number of nitrogens with one attached hydrogen (secondary N) is 1. The van der Waals surface area contributed by atoms with Crippen molar-refractivity contribution in [2.24, 2.45) is 0 Å². The van der Waals surface area contributed by atoms with Gasteiger partial charge in [-0.25, -0.2) is 0 Å². The number of hydrogen-bond acceptors (Lipinski definition) is 1. The Morgan fingerprint density at radius 2 is 1.62 bits per heavy atom. The Morgan fingerprint density at radius 3 is 2.43 bits per heavy atom. The molecule has 0 atom stereocenters. The van der Waals surface area contributed by atoms with E-state index in [4.69, 9.17) is 11.6 Å². The van der Waals surface area contributed by atoms with Gasteiger partial charge in [0.2, 0.25) is 0 Å². The highest BCUT2D eigenvalue weighted by Gasteiger charge is 2.12. The SMILES string of the molecule is Cc1ccccc1NC(=O)c1cccc2c(Cl)cccc12. The number of para-hydroxylation sites is 1. The molecule has 3 aromatic rings. The maximum absolute atomic E-state index is 12.5. The number of halogens is 1. The fourth-order valence-corrected chi connectivity index (χ4v) is 2.61. The van der Waals surface area contributed by atoms with E-state index < -0.39 is 0 Å². The Labute approximate surface area is 128 Å². The fourth-order valence-electron chi connectivity index (χ4n) is 2.37. The molecule has 0 aliphatic carbocycles. The summed E-state index contributed by atoms with van der Waals surface area (Å²) < 4.78 is 0. The summed E-state index contributed by atoms with van der Waals surface area (Å²) in [6.07, 6.45) is 0. The van der Waals surface area contributed by atoms with Gasteiger partial charge in [0, 0.05) is 21.7 Å². The van der Waals surface area contributed by atoms with Crippen LogP contribution in [0.4, 0.5) is 5.69 Å². The number of rotatable bonds is 2. The maximum atomic E-state index is 12.5. The number of benzene rings is 3. The molecule has 0 fully saturated rings. The number of amides is 1. The smallest absolute Gasteiger partial charge is 0.256 e. The van der Waals surface area contributed by atoms with E-state index in [0.717, 1.165) is 22.0 Å². The molecule has 0 saturated heterocycles. The van der Waals surface area contributed by atoms with Crippen molar-refractivity contribution in [2.45, 2.75) is 6.92 Å². The first-order valence-electron chi connectivity index (χ1n) is 6.71. The summed E-state index contributed by atoms with van der Waals surface area (Å²) in [5.74, 6) is -0.128. The van der Waals surface area contributed by atoms with Gasteiger partial charge in [0.1, 0.15) is 0 Å². The van der Waals surface area contributed by atoms with Gasteiger partial charge in [0.25, 0.3) is 5.91 Å². The number of carbonyl (C=O) groups excluding carboxylic acids is 1. The van der Waals surface area contributed by atoms with E-state index in [1.54, 1.807) is 0 Å². The lowest BCUT2D eigenvalue weighted by molar-refractivity contribution is 0.102. The third-order valence-corrected chi connectivity index (χ3v) is 3.84. The van der Waals surface area contributed by atoms with E-state index in [-0.39, 0.29) is 5.91 Å². The standard InChI is InChI=1S/C18H14ClNO/c1-12-6-2-3-11-17(12)20-18(21)15-9-4-8-14-13(15)7-5-10-16(14)19/h2-11H,1H3,(H,20,21). The molecule has 3 rings (SSSR count). The zero-order chi connectivity index (χ0) is 14.8. The molecular formula is C18H14ClNO. The predicted molar refractivity (Wildman–Crippen MR) is 88.1 cm³/mol. The number of hydrogen-bond donors (Lipinski definition) is 1. The topological polar surface area (TPSA) is 29.1 Å². The maximum Gasteiger partial charge on any atom is 0.256 e. The van der Waals surface area contributed by atoms with Crippen LogP contribution in [0.5, 0.6) is 0 Å². The number of aryl methyl sites for hydroxylation is 1. The number of anilines is 1. The molecule has 3 heteroatoms. The summed E-state index contributed by atoms with van der Waals surface area (Å²) in [5, 5.41) is 5.35. The van der Waals surface area contributed by atoms with Crippen LogP contribution in [0, 0.1) is 6.92 Å². The highest BCUT2D eigenvalue weighted by molar-refractivity contribution is 6.36. The molecule has 104 valence electrons. The van der Waals surface area contributed by atoms with Gasteiger partial charge in [-0.2, -0.15) is 0 Å². The molecule has 0 heterocycles. The van der Waals surface area contributed by atoms with Crippen molar-refractivity contribution in [1.82, 2.24) is 0 Å². The lowest BCUT2D eigenvalue weighted by atomic mass is 10.0. The second-order valence-corrected chi connectivity index (χ2v) is 5.32. The number of fused-ring (bicyclic) bond motifs is 1. The van der Waals surface area contributed by atoms with E-state index in [1.807, 2.05) is 67.6 Å². The van der Waals surface area contributed by atoms with Crippen molar-refractivity contribution in [3.63, 3.8) is 0 Å². The van der Waals surface area contributed by atoms with Gasteiger partial charge in [0.05, 0.1) is 0 Å². The Morgan fingerprint density at radius 1 is 0.905 bits per heavy atom. The van der Waals surface area contributed by atoms with Gasteiger partial charge in [-0.1, -0.05) is 54.1 Å². The van der Waals surface area contributed by atoms with Crippen molar-refractivity contribution >= 4 is 34.0 Å². The van der Waals surface area contributed by atoms with Gasteiger partial charge in [-0.05, 0) is 36.1 Å². The van der Waals surface area contributed by atoms with Crippen LogP contribution in [0.1, 0.15) is 15.9 Å². The van der Waals surface area contributed by atoms with Crippen LogP contribution < -0.4 is 5.32 Å². The summed E-state index contributed by atoms with van der Waals surface area (Å²) >= 11 is 6.19. The minimum absolute atomic E-state index is 0.128. The minimum Gasteiger partial charge on any atom is -0.322 e. The summed E-state index contributed by atoms with van der Waals surface area (Å²) in [6.45, 7) is 1.97. The largest absolute Gasteiger partial charge is 0.322 e. The monoisotopic (exact) mass is 295 g/mol. The molecule has 0 aliphatic rings. The van der Waals surface area contributed by atoms with Gasteiger partial charge in [0.15, 0.2) is 0 Å². The van der Waals surface area contributed by atoms with Crippen LogP contribution in [0.2, 0.25) is 5.02 Å². The summed E-state index contributed by atoms with van der Waals surface area (Å²) in [5.41, 5.74) is 2.48. The van der Waals surface area contributed by atoms with E-state index in [0.29, 0.717) is 10.6 Å². The summed E-state index contributed by atoms with van der Waals surface area (Å²) in [6, 6.07) is 18.9. The fraction of sp³-hybridized carbons (Fsp3) is 0.0556. The average molecular weight is 296 g/mol. The first kappa shape index (κ1) is 13.7. The molecule has 1 amide bonds. The molecule has 0 bridgehead atoms. The van der Waals surface area contributed by atoms with Crippen molar-refractivity contribution in [3.8, 4) is 0 Å². The number of carbonyl (C=O) groups is 1. The Balaban J connectivity index is 2.03. The summed E-state index contributed by atoms with van der Waals surface area (Å²) in [7, 11) is 0. The zero-order valence-corrected chi connectivity index (χ0v) is 12.3. The van der Waals surface area contributed by atoms with Crippen molar-refractivity contribution in [3.05, 3.63) is 76.8 Å². The molecule has 2 nitrogen and oxygen atoms in total. The molecule has 0 aromatic heterocycles. The molecule has 0 saturated carbocycles. The third kappa shape index (κ3) is 2.63. The average Bonchev–Trinajstić information content (AvgIpc) is 2.49. The van der Waals surface area contributed by atoms with Crippen LogP contribution in [0.15, 0.2) is 60.7 Å². The Hall–Kier alpha value is -2.32. The highest BCUT2D eigenvalue weighted by Crippen LogP contribution is 2.26. The third-order valence-electron chi connectivity index (χ3n) is 3.51. The van der Waals surface area contributed by atoms with E-state index in [9.17, 15) is 4.79 Å². The van der Waals surface area contributed by atoms with E-state index in [1.165, 1.54) is 0 Å². The normalized spacial score (nSPS) is 10.6. The predicted octanol–water partition coefficient (Wildman–Crippen LogP) is 5.05. The zero-order valence-electron chi connectivity index (χ0n) is 11.6. The Bertz CT molecular complexity index is 826. The van der Waals surface area contributed by atoms with Gasteiger partial charge in [-0.3, -0.25) is 4.79 Å². The Kier molecular flexibility index (Phi) is 3.63. The van der Waals surface area contributed by atoms with Crippen molar-refractivity contribution < 1.29 is 4.79 Å². The molecule has 21 heavy (non-hydrogen) atoms. The van der Waals surface area contributed by atoms with Gasteiger partial charge < -0.3 is 5.32 Å². The van der Waals surface area contributed by atoms with Crippen LogP contribution in [0.25, 0.3) is 10.8 Å². The van der Waals surface area contributed by atoms with Crippen molar-refractivity contribution in [2.75, 3.05) is 5.32 Å². The van der Waals surface area contributed by atoms with Crippen LogP contribution in [-0.2, 0) is 0 Å². The first-order chi connectivity index (χ1) is 10.2. The molecule has 3 aromatic carbocycles. The molecule has 1 N–H and O–H groups in total. The van der Waals surface area contributed by atoms with E-state index in [2.05, 4.69) is 5.32 Å². The lowest BCUT2D eigenvalue weighted by Crippen LogP contribution is -2.13. The molecule has 0 aliphatic heterocycles. The first-order valence-corrected chi connectivity index (χ1v) is 7.09. The van der Waals surface area contributed by atoms with Gasteiger partial charge in [-0.15, -0.1) is 0 Å². The second kappa shape index (κ2) is 5.58. The van der Waals surface area contributed by atoms with Gasteiger partial charge >= 0.3 is 0 Å². The molecule has 0 radical (unpaired) electrons.